The Labute approximate surface area is 161 Å². The number of hydrogen-bond donors (Lipinski definition) is 2. The van der Waals surface area contributed by atoms with E-state index in [2.05, 4.69) is 25.6 Å². The lowest BCUT2D eigenvalue weighted by Gasteiger charge is -2.14. The minimum Gasteiger partial charge on any atom is -0.493 e. The predicted octanol–water partition coefficient (Wildman–Crippen LogP) is 2.89. The molecule has 0 aliphatic rings. The summed E-state index contributed by atoms with van der Waals surface area (Å²) < 4.78 is 15.9. The highest BCUT2D eigenvalue weighted by atomic mass is 16.5. The smallest absolute Gasteiger partial charge is 0.257 e. The Kier molecular flexibility index (Phi) is 5.85. The molecule has 28 heavy (non-hydrogen) atoms. The van der Waals surface area contributed by atoms with Gasteiger partial charge in [-0.3, -0.25) is 9.78 Å². The van der Waals surface area contributed by atoms with Gasteiger partial charge in [0.2, 0.25) is 11.7 Å². The summed E-state index contributed by atoms with van der Waals surface area (Å²) in [5.74, 6) is 1.38. The van der Waals surface area contributed by atoms with Gasteiger partial charge in [0.15, 0.2) is 11.5 Å². The Balaban J connectivity index is 1.81. The largest absolute Gasteiger partial charge is 0.493 e. The molecule has 9 heteroatoms. The quantitative estimate of drug-likeness (QED) is 0.643. The number of pyridine rings is 1. The van der Waals surface area contributed by atoms with E-state index in [4.69, 9.17) is 14.2 Å². The van der Waals surface area contributed by atoms with Crippen molar-refractivity contribution in [3.05, 3.63) is 54.6 Å². The van der Waals surface area contributed by atoms with Crippen molar-refractivity contribution in [2.75, 3.05) is 32.0 Å². The molecule has 0 radical (unpaired) electrons. The molecular formula is C19H19N5O4. The van der Waals surface area contributed by atoms with Gasteiger partial charge in [-0.1, -0.05) is 0 Å². The third kappa shape index (κ3) is 4.26. The van der Waals surface area contributed by atoms with Gasteiger partial charge in [0, 0.05) is 36.4 Å². The number of ether oxygens (including phenoxy) is 3. The normalized spacial score (nSPS) is 10.1. The van der Waals surface area contributed by atoms with Crippen molar-refractivity contribution in [1.29, 1.82) is 0 Å². The Morgan fingerprint density at radius 1 is 0.893 bits per heavy atom. The first-order valence-electron chi connectivity index (χ1n) is 8.25. The summed E-state index contributed by atoms with van der Waals surface area (Å²) in [5.41, 5.74) is 1.43. The van der Waals surface area contributed by atoms with Crippen LogP contribution in [-0.2, 0) is 0 Å². The maximum Gasteiger partial charge on any atom is 0.257 e. The van der Waals surface area contributed by atoms with E-state index in [1.807, 2.05) is 0 Å². The van der Waals surface area contributed by atoms with Gasteiger partial charge in [0.1, 0.15) is 0 Å². The number of methoxy groups -OCH3 is 3. The fourth-order valence-corrected chi connectivity index (χ4v) is 2.48. The molecule has 0 saturated carbocycles. The number of carbonyl (C=O) groups excluding carboxylic acids is 1. The predicted molar refractivity (Wildman–Crippen MR) is 104 cm³/mol. The Bertz CT molecular complexity index is 941. The maximum absolute atomic E-state index is 12.6. The molecule has 3 rings (SSSR count). The number of rotatable bonds is 7. The van der Waals surface area contributed by atoms with Crippen molar-refractivity contribution >= 4 is 23.2 Å². The number of carbonyl (C=O) groups is 1. The minimum absolute atomic E-state index is 0.348. The highest BCUT2D eigenvalue weighted by Gasteiger charge is 2.15. The third-order valence-corrected chi connectivity index (χ3v) is 3.74. The molecule has 1 aromatic carbocycles. The molecule has 2 aromatic heterocycles. The Morgan fingerprint density at radius 3 is 2.18 bits per heavy atom. The first kappa shape index (κ1) is 18.9. The maximum atomic E-state index is 12.6. The van der Waals surface area contributed by atoms with Gasteiger partial charge in [0.05, 0.1) is 38.8 Å². The number of aromatic nitrogens is 3. The van der Waals surface area contributed by atoms with Crippen LogP contribution in [0, 0.1) is 0 Å². The number of benzene rings is 1. The van der Waals surface area contributed by atoms with E-state index in [1.165, 1.54) is 27.5 Å². The van der Waals surface area contributed by atoms with Crippen molar-refractivity contribution in [3.63, 3.8) is 0 Å². The van der Waals surface area contributed by atoms with Crippen molar-refractivity contribution in [3.8, 4) is 17.2 Å². The van der Waals surface area contributed by atoms with E-state index >= 15 is 0 Å². The molecule has 0 spiro atoms. The summed E-state index contributed by atoms with van der Waals surface area (Å²) in [6.45, 7) is 0. The van der Waals surface area contributed by atoms with Crippen molar-refractivity contribution in [1.82, 2.24) is 15.0 Å². The second kappa shape index (κ2) is 8.67. The molecule has 0 fully saturated rings. The van der Waals surface area contributed by atoms with Crippen LogP contribution in [-0.4, -0.2) is 42.2 Å². The number of nitrogens with one attached hydrogen (secondary N) is 2. The Morgan fingerprint density at radius 2 is 1.57 bits per heavy atom. The van der Waals surface area contributed by atoms with Gasteiger partial charge in [-0.2, -0.15) is 0 Å². The second-order valence-corrected chi connectivity index (χ2v) is 5.53. The fourth-order valence-electron chi connectivity index (χ4n) is 2.48. The molecule has 3 aromatic rings. The van der Waals surface area contributed by atoms with Crippen LogP contribution in [0.25, 0.3) is 0 Å². The monoisotopic (exact) mass is 381 g/mol. The lowest BCUT2D eigenvalue weighted by atomic mass is 10.2. The van der Waals surface area contributed by atoms with Crippen LogP contribution in [0.15, 0.2) is 49.1 Å². The zero-order chi connectivity index (χ0) is 19.9. The van der Waals surface area contributed by atoms with Gasteiger partial charge in [-0.25, -0.2) is 9.97 Å². The van der Waals surface area contributed by atoms with Crippen LogP contribution in [0.5, 0.6) is 17.2 Å². The lowest BCUT2D eigenvalue weighted by molar-refractivity contribution is 0.102. The van der Waals surface area contributed by atoms with E-state index < -0.39 is 0 Å². The van der Waals surface area contributed by atoms with E-state index in [-0.39, 0.29) is 5.91 Å². The minimum atomic E-state index is -0.348. The van der Waals surface area contributed by atoms with Gasteiger partial charge >= 0.3 is 0 Å². The zero-order valence-corrected chi connectivity index (χ0v) is 15.6. The number of amides is 1. The molecular weight excluding hydrogens is 362 g/mol. The van der Waals surface area contributed by atoms with Crippen molar-refractivity contribution in [2.24, 2.45) is 0 Å². The average Bonchev–Trinajstić information content (AvgIpc) is 2.73. The molecule has 1 amide bonds. The number of anilines is 3. The summed E-state index contributed by atoms with van der Waals surface area (Å²) in [5, 5.41) is 5.79. The summed E-state index contributed by atoms with van der Waals surface area (Å²) in [6.07, 6.45) is 6.27. The second-order valence-electron chi connectivity index (χ2n) is 5.53. The summed E-state index contributed by atoms with van der Waals surface area (Å²) in [6, 6.07) is 6.65. The number of nitrogens with zero attached hydrogens (tertiary/aromatic N) is 3. The van der Waals surface area contributed by atoms with Crippen LogP contribution in [0.2, 0.25) is 0 Å². The SMILES string of the molecule is COc1cc(NC(=O)c2cncc(Nc3ncccn3)c2)cc(OC)c1OC. The standard InChI is InChI=1S/C19H19N5O4/c1-26-15-8-13(9-16(27-2)17(15)28-3)23-18(25)12-7-14(11-20-10-12)24-19-21-5-4-6-22-19/h4-11H,1-3H3,(H,23,25)(H,21,22,24). The van der Waals surface area contributed by atoms with Crippen LogP contribution in [0.3, 0.4) is 0 Å². The Hall–Kier alpha value is -3.88. The first-order valence-corrected chi connectivity index (χ1v) is 8.25. The van der Waals surface area contributed by atoms with Crippen LogP contribution in [0.4, 0.5) is 17.3 Å². The van der Waals surface area contributed by atoms with E-state index in [9.17, 15) is 4.79 Å². The highest BCUT2D eigenvalue weighted by Crippen LogP contribution is 2.40. The van der Waals surface area contributed by atoms with Crippen molar-refractivity contribution < 1.29 is 19.0 Å². The average molecular weight is 381 g/mol. The highest BCUT2D eigenvalue weighted by molar-refractivity contribution is 6.04. The van der Waals surface area contributed by atoms with Gasteiger partial charge in [-0.05, 0) is 12.1 Å². The van der Waals surface area contributed by atoms with E-state index in [0.29, 0.717) is 40.1 Å². The van der Waals surface area contributed by atoms with Crippen LogP contribution in [0.1, 0.15) is 10.4 Å². The zero-order valence-electron chi connectivity index (χ0n) is 15.6. The van der Waals surface area contributed by atoms with Crippen molar-refractivity contribution in [2.45, 2.75) is 0 Å². The number of hydrogen-bond acceptors (Lipinski definition) is 8. The third-order valence-electron chi connectivity index (χ3n) is 3.74. The van der Waals surface area contributed by atoms with Gasteiger partial charge in [-0.15, -0.1) is 0 Å². The summed E-state index contributed by atoms with van der Waals surface area (Å²) in [4.78, 5) is 24.9. The summed E-state index contributed by atoms with van der Waals surface area (Å²) in [7, 11) is 4.53. The lowest BCUT2D eigenvalue weighted by Crippen LogP contribution is -2.13. The van der Waals surface area contributed by atoms with Crippen LogP contribution < -0.4 is 24.8 Å². The van der Waals surface area contributed by atoms with E-state index in [1.54, 1.807) is 42.9 Å². The molecule has 2 N–H and O–H groups in total. The molecule has 9 nitrogen and oxygen atoms in total. The molecule has 0 aliphatic heterocycles. The fraction of sp³-hybridized carbons (Fsp3) is 0.158. The van der Waals surface area contributed by atoms with Gasteiger partial charge in [0.25, 0.3) is 5.91 Å². The molecule has 2 heterocycles. The molecule has 0 saturated heterocycles. The molecule has 144 valence electrons. The van der Waals surface area contributed by atoms with Crippen LogP contribution >= 0.6 is 0 Å². The molecule has 0 atom stereocenters. The topological polar surface area (TPSA) is 107 Å². The molecule has 0 bridgehead atoms. The summed E-state index contributed by atoms with van der Waals surface area (Å²) >= 11 is 0. The molecule has 0 unspecified atom stereocenters. The van der Waals surface area contributed by atoms with E-state index in [0.717, 1.165) is 0 Å². The first-order chi connectivity index (χ1) is 13.6. The molecule has 0 aliphatic carbocycles. The van der Waals surface area contributed by atoms with Gasteiger partial charge < -0.3 is 24.8 Å².